The fraction of sp³-hybridized carbons (Fsp3) is 0.125. The molecule has 0 fully saturated rings. The van der Waals surface area contributed by atoms with Crippen molar-refractivity contribution in [2.75, 3.05) is 25.0 Å². The second kappa shape index (κ2) is 15.0. The van der Waals surface area contributed by atoms with Crippen molar-refractivity contribution in [2.24, 2.45) is 0 Å². The van der Waals surface area contributed by atoms with E-state index in [1.807, 2.05) is 141 Å². The third-order valence-corrected chi connectivity index (χ3v) is 22.2. The van der Waals surface area contributed by atoms with Crippen LogP contribution in [0.25, 0.3) is 36.1 Å². The van der Waals surface area contributed by atoms with E-state index in [4.69, 9.17) is 0 Å². The van der Waals surface area contributed by atoms with Crippen molar-refractivity contribution in [3.8, 4) is 0 Å². The smallest absolute Gasteiger partial charge is 0.0700 e. The molecule has 0 aromatic heterocycles. The molecule has 0 aliphatic carbocycles. The summed E-state index contributed by atoms with van der Waals surface area (Å²) in [5, 5.41) is 14.7. The molecule has 4 aliphatic rings. The second-order valence-electron chi connectivity index (χ2n) is 9.21. The average Bonchev–Trinajstić information content (AvgIpc) is 3.88. The van der Waals surface area contributed by atoms with Crippen LogP contribution in [0.3, 0.4) is 0 Å². The Kier molecular flexibility index (Phi) is 11.3. The van der Waals surface area contributed by atoms with E-state index in [2.05, 4.69) is 95.9 Å². The molecule has 0 saturated heterocycles. The zero-order valence-electron chi connectivity index (χ0n) is 23.8. The number of fused-ring (bicyclic) bond motifs is 2. The second-order valence-corrected chi connectivity index (χ2v) is 22.4. The van der Waals surface area contributed by atoms with Gasteiger partial charge in [0.05, 0.1) is 33.9 Å². The lowest BCUT2D eigenvalue weighted by atomic mass is 9.97. The van der Waals surface area contributed by atoms with Gasteiger partial charge >= 0.3 is 0 Å². The minimum absolute atomic E-state index is 1.24. The highest BCUT2D eigenvalue weighted by Gasteiger charge is 2.25. The molecule has 0 saturated carbocycles. The van der Waals surface area contributed by atoms with Gasteiger partial charge in [0.15, 0.2) is 0 Å². The summed E-state index contributed by atoms with van der Waals surface area (Å²) in [6.45, 7) is 0. The van der Waals surface area contributed by atoms with Gasteiger partial charge in [0.2, 0.25) is 0 Å². The van der Waals surface area contributed by atoms with Crippen LogP contribution in [0.4, 0.5) is 0 Å². The highest BCUT2D eigenvalue weighted by Crippen LogP contribution is 2.58. The predicted octanol–water partition coefficient (Wildman–Crippen LogP) is 13.2. The first-order valence-corrected chi connectivity index (χ1v) is 24.8. The van der Waals surface area contributed by atoms with Crippen LogP contribution in [-0.2, 0) is 0 Å². The van der Waals surface area contributed by atoms with Gasteiger partial charge in [0.1, 0.15) is 0 Å². The van der Waals surface area contributed by atoms with E-state index >= 15 is 0 Å². The molecule has 3 aromatic rings. The van der Waals surface area contributed by atoms with Crippen LogP contribution in [0, 0.1) is 0 Å². The van der Waals surface area contributed by atoms with Crippen molar-refractivity contribution in [3.63, 3.8) is 0 Å². The van der Waals surface area contributed by atoms with E-state index in [0.29, 0.717) is 0 Å². The Balaban J connectivity index is 1.42. The van der Waals surface area contributed by atoms with Gasteiger partial charge in [-0.3, -0.25) is 0 Å². The van der Waals surface area contributed by atoms with Gasteiger partial charge in [-0.2, -0.15) is 0 Å². The maximum atomic E-state index is 2.43. The van der Waals surface area contributed by atoms with E-state index in [-0.39, 0.29) is 0 Å². The summed E-state index contributed by atoms with van der Waals surface area (Å²) in [5.41, 5.74) is 1.24. The van der Waals surface area contributed by atoms with Gasteiger partial charge in [-0.15, -0.1) is 47.0 Å². The monoisotopic (exact) mass is 792 g/mol. The highest BCUT2D eigenvalue weighted by molar-refractivity contribution is 8.46. The molecule has 0 amide bonds. The number of hydrogen-bond donors (Lipinski definition) is 0. The molecule has 0 unspecified atom stereocenters. The van der Waals surface area contributed by atoms with Gasteiger partial charge < -0.3 is 0 Å². The normalized spacial score (nSPS) is 19.0. The molecule has 12 heteroatoms. The van der Waals surface area contributed by atoms with Gasteiger partial charge in [-0.05, 0) is 80.5 Å². The molecule has 44 heavy (non-hydrogen) atoms. The number of thioether (sulfide) groups is 12. The SMILES string of the molecule is CSC1=C(SC)SC(=c2c3ccccc3c(=C3SC(SC)=C(SC)S3)c3cc(/C=C/C4=CSC(=C5SC=CS5)S4)ccc23)S1. The topological polar surface area (TPSA) is 0 Å². The molecular formula is C32H24S12. The van der Waals surface area contributed by atoms with Crippen molar-refractivity contribution in [3.05, 3.63) is 111 Å². The summed E-state index contributed by atoms with van der Waals surface area (Å²) in [7, 11) is 0. The number of rotatable bonds is 6. The fourth-order valence-corrected chi connectivity index (χ4v) is 19.5. The molecule has 0 radical (unpaired) electrons. The van der Waals surface area contributed by atoms with Crippen molar-refractivity contribution in [2.45, 2.75) is 0 Å². The minimum atomic E-state index is 1.24. The van der Waals surface area contributed by atoms with Crippen molar-refractivity contribution in [1.29, 1.82) is 0 Å². The molecule has 0 bridgehead atoms. The molecule has 4 aliphatic heterocycles. The van der Waals surface area contributed by atoms with Crippen molar-refractivity contribution < 1.29 is 0 Å². The van der Waals surface area contributed by atoms with E-state index in [1.165, 1.54) is 76.3 Å². The van der Waals surface area contributed by atoms with Crippen molar-refractivity contribution in [1.82, 2.24) is 0 Å². The third kappa shape index (κ3) is 6.60. The Morgan fingerprint density at radius 1 is 0.500 bits per heavy atom. The lowest BCUT2D eigenvalue weighted by Crippen LogP contribution is -2.17. The molecule has 4 heterocycles. The van der Waals surface area contributed by atoms with E-state index in [1.54, 1.807) is 0 Å². The molecular weight excluding hydrogens is 769 g/mol. The summed E-state index contributed by atoms with van der Waals surface area (Å²) < 4.78 is 11.2. The molecule has 0 atom stereocenters. The Bertz CT molecular complexity index is 1970. The maximum absolute atomic E-state index is 2.43. The summed E-state index contributed by atoms with van der Waals surface area (Å²) in [5.74, 6) is 0. The quantitative estimate of drug-likeness (QED) is 0.218. The first-order chi connectivity index (χ1) is 21.6. The first kappa shape index (κ1) is 33.1. The highest BCUT2D eigenvalue weighted by atomic mass is 32.3. The fourth-order valence-electron chi connectivity index (χ4n) is 4.90. The first-order valence-electron chi connectivity index (χ1n) is 13.2. The standard InChI is InChI=1S/C32H24S12/c1-33-27-28(34-2)42-25(41-27)23-19-7-5-6-8-20(19)24(26-43-29(35-3)30(36-4)44-26)22-15-17(10-12-21(22)23)9-11-18-16-39-32(40-18)31-37-13-14-38-31/h5-16H,1-4H3/b11-9+. The number of benzene rings is 3. The molecule has 3 aromatic carbocycles. The Labute approximate surface area is 309 Å². The summed E-state index contributed by atoms with van der Waals surface area (Å²) in [4.78, 5) is 1.30. The van der Waals surface area contributed by atoms with Crippen LogP contribution < -0.4 is 10.4 Å². The zero-order valence-corrected chi connectivity index (χ0v) is 33.6. The number of allylic oxidation sites excluding steroid dienone is 1. The summed E-state index contributed by atoms with van der Waals surface area (Å²) >= 11 is 22.6. The van der Waals surface area contributed by atoms with E-state index in [0.717, 1.165) is 0 Å². The third-order valence-electron chi connectivity index (χ3n) is 6.78. The predicted molar refractivity (Wildman–Crippen MR) is 230 cm³/mol. The maximum Gasteiger partial charge on any atom is 0.0700 e. The summed E-state index contributed by atoms with van der Waals surface area (Å²) in [6.07, 6.45) is 13.4. The largest absolute Gasteiger partial charge is 0.121 e. The zero-order chi connectivity index (χ0) is 30.2. The molecule has 0 spiro atoms. The minimum Gasteiger partial charge on any atom is -0.121 e. The Morgan fingerprint density at radius 3 is 1.57 bits per heavy atom. The lowest BCUT2D eigenvalue weighted by Gasteiger charge is -2.12. The van der Waals surface area contributed by atoms with Crippen LogP contribution >= 0.6 is 141 Å². The molecule has 224 valence electrons. The molecule has 7 rings (SSSR count). The van der Waals surface area contributed by atoms with Gasteiger partial charge in [-0.1, -0.05) is 137 Å². The molecule has 0 N–H and O–H groups in total. The van der Waals surface area contributed by atoms with Crippen LogP contribution in [0.5, 0.6) is 0 Å². The van der Waals surface area contributed by atoms with Crippen LogP contribution in [0.15, 0.2) is 95.1 Å². The lowest BCUT2D eigenvalue weighted by molar-refractivity contribution is 1.66. The number of hydrogen-bond acceptors (Lipinski definition) is 12. The van der Waals surface area contributed by atoms with Crippen LogP contribution in [0.1, 0.15) is 5.56 Å². The van der Waals surface area contributed by atoms with Gasteiger partial charge in [0.25, 0.3) is 0 Å². The Morgan fingerprint density at radius 2 is 1.02 bits per heavy atom. The van der Waals surface area contributed by atoms with Crippen LogP contribution in [-0.4, -0.2) is 25.0 Å². The van der Waals surface area contributed by atoms with Crippen LogP contribution in [0.2, 0.25) is 0 Å². The average molecular weight is 793 g/mol. The van der Waals surface area contributed by atoms with E-state index < -0.39 is 0 Å². The molecule has 0 nitrogen and oxygen atoms in total. The van der Waals surface area contributed by atoms with Crippen molar-refractivity contribution >= 4 is 177 Å². The van der Waals surface area contributed by atoms with E-state index in [9.17, 15) is 0 Å². The van der Waals surface area contributed by atoms with Gasteiger partial charge in [-0.25, -0.2) is 0 Å². The Hall–Kier alpha value is 0.560. The summed E-state index contributed by atoms with van der Waals surface area (Å²) in [6, 6.07) is 16.2. The van der Waals surface area contributed by atoms with Gasteiger partial charge in [0, 0.05) is 15.3 Å².